The molecule has 27 heavy (non-hydrogen) atoms. The van der Waals surface area contributed by atoms with E-state index in [1.807, 2.05) is 69.3 Å². The fourth-order valence-electron chi connectivity index (χ4n) is 3.20. The van der Waals surface area contributed by atoms with Gasteiger partial charge < -0.3 is 10.6 Å². The molecule has 0 fully saturated rings. The third-order valence-corrected chi connectivity index (χ3v) is 4.66. The lowest BCUT2D eigenvalue weighted by atomic mass is 9.94. The number of rotatable bonds is 3. The first-order chi connectivity index (χ1) is 13.0. The van der Waals surface area contributed by atoms with E-state index in [0.29, 0.717) is 11.5 Å². The molecule has 1 aliphatic heterocycles. The minimum atomic E-state index is -0.401. The molecule has 7 nitrogen and oxygen atoms in total. The first-order valence-corrected chi connectivity index (χ1v) is 8.73. The van der Waals surface area contributed by atoms with Crippen LogP contribution in [-0.4, -0.2) is 26.1 Å². The Bertz CT molecular complexity index is 1020. The molecule has 0 radical (unpaired) electrons. The number of carbonyl (C=O) groups is 1. The number of aromatic nitrogens is 4. The smallest absolute Gasteiger partial charge is 0.255 e. The predicted octanol–water partition coefficient (Wildman–Crippen LogP) is 3.22. The van der Waals surface area contributed by atoms with Gasteiger partial charge in [-0.1, -0.05) is 52.6 Å². The van der Waals surface area contributed by atoms with Crippen LogP contribution in [0.4, 0.5) is 11.6 Å². The number of tetrazole rings is 1. The fourth-order valence-corrected chi connectivity index (χ4v) is 3.20. The summed E-state index contributed by atoms with van der Waals surface area (Å²) in [6.07, 6.45) is 0. The van der Waals surface area contributed by atoms with Gasteiger partial charge in [0.15, 0.2) is 0 Å². The Balaban J connectivity index is 1.74. The van der Waals surface area contributed by atoms with Crippen LogP contribution >= 0.6 is 0 Å². The molecule has 1 atom stereocenters. The molecule has 0 aliphatic carbocycles. The van der Waals surface area contributed by atoms with Gasteiger partial charge in [0.2, 0.25) is 5.95 Å². The van der Waals surface area contributed by atoms with Gasteiger partial charge in [-0.15, -0.1) is 0 Å². The second-order valence-electron chi connectivity index (χ2n) is 6.74. The number of amides is 1. The molecule has 1 unspecified atom stereocenters. The van der Waals surface area contributed by atoms with Gasteiger partial charge in [-0.05, 0) is 48.9 Å². The molecule has 2 aromatic carbocycles. The van der Waals surface area contributed by atoms with E-state index in [9.17, 15) is 4.79 Å². The van der Waals surface area contributed by atoms with Gasteiger partial charge in [0, 0.05) is 11.4 Å². The van der Waals surface area contributed by atoms with E-state index < -0.39 is 6.04 Å². The van der Waals surface area contributed by atoms with Crippen LogP contribution in [0.25, 0.3) is 0 Å². The van der Waals surface area contributed by atoms with E-state index >= 15 is 0 Å². The van der Waals surface area contributed by atoms with E-state index in [1.165, 1.54) is 0 Å². The number of anilines is 2. The van der Waals surface area contributed by atoms with Gasteiger partial charge in [-0.25, -0.2) is 0 Å². The molecule has 0 saturated carbocycles. The van der Waals surface area contributed by atoms with Crippen LogP contribution in [0.15, 0.2) is 59.8 Å². The summed E-state index contributed by atoms with van der Waals surface area (Å²) < 4.78 is 1.64. The van der Waals surface area contributed by atoms with Crippen molar-refractivity contribution in [3.63, 3.8) is 0 Å². The summed E-state index contributed by atoms with van der Waals surface area (Å²) in [5.41, 5.74) is 5.29. The molecule has 136 valence electrons. The van der Waals surface area contributed by atoms with Gasteiger partial charge in [-0.2, -0.15) is 4.68 Å². The summed E-state index contributed by atoms with van der Waals surface area (Å²) in [4.78, 5) is 13.2. The normalized spacial score (nSPS) is 15.9. The lowest BCUT2D eigenvalue weighted by Crippen LogP contribution is -2.31. The predicted molar refractivity (Wildman–Crippen MR) is 103 cm³/mol. The van der Waals surface area contributed by atoms with E-state index in [2.05, 4.69) is 26.2 Å². The minimum absolute atomic E-state index is 0.185. The molecule has 2 N–H and O–H groups in total. The van der Waals surface area contributed by atoms with E-state index in [1.54, 1.807) is 4.68 Å². The molecule has 2 heterocycles. The lowest BCUT2D eigenvalue weighted by molar-refractivity contribution is -0.113. The first-order valence-electron chi connectivity index (χ1n) is 8.73. The molecule has 0 spiro atoms. The molecule has 1 amide bonds. The number of hydrogen-bond acceptors (Lipinski definition) is 5. The van der Waals surface area contributed by atoms with Crippen LogP contribution < -0.4 is 10.6 Å². The molecule has 0 bridgehead atoms. The number of hydrogen-bond donors (Lipinski definition) is 2. The lowest BCUT2D eigenvalue weighted by Gasteiger charge is -2.28. The maximum Gasteiger partial charge on any atom is 0.255 e. The number of allylic oxidation sites excluding steroid dienone is 1. The van der Waals surface area contributed by atoms with Crippen LogP contribution in [0.5, 0.6) is 0 Å². The Morgan fingerprint density at radius 3 is 2.30 bits per heavy atom. The third kappa shape index (κ3) is 3.19. The van der Waals surface area contributed by atoms with Crippen LogP contribution in [0.3, 0.4) is 0 Å². The Labute approximate surface area is 157 Å². The highest BCUT2D eigenvalue weighted by Crippen LogP contribution is 2.34. The molecule has 4 rings (SSSR count). The van der Waals surface area contributed by atoms with Gasteiger partial charge in [-0.3, -0.25) is 4.79 Å². The van der Waals surface area contributed by atoms with Crippen molar-refractivity contribution < 1.29 is 4.79 Å². The maximum absolute atomic E-state index is 13.2. The molecular weight excluding hydrogens is 340 g/mol. The van der Waals surface area contributed by atoms with Gasteiger partial charge >= 0.3 is 0 Å². The van der Waals surface area contributed by atoms with Crippen molar-refractivity contribution in [2.24, 2.45) is 0 Å². The number of fused-ring (bicyclic) bond motifs is 1. The summed E-state index contributed by atoms with van der Waals surface area (Å²) in [6.45, 7) is 5.90. The zero-order chi connectivity index (χ0) is 19.0. The zero-order valence-electron chi connectivity index (χ0n) is 15.4. The molecule has 0 saturated heterocycles. The Hall–Kier alpha value is -3.48. The summed E-state index contributed by atoms with van der Waals surface area (Å²) in [5.74, 6) is 0.334. The number of nitrogens with zero attached hydrogens (tertiary/aromatic N) is 4. The highest BCUT2D eigenvalue weighted by Gasteiger charge is 2.33. The van der Waals surface area contributed by atoms with Crippen molar-refractivity contribution in [2.75, 3.05) is 10.6 Å². The number of nitrogens with one attached hydrogen (secondary N) is 2. The summed E-state index contributed by atoms with van der Waals surface area (Å²) in [7, 11) is 0. The van der Waals surface area contributed by atoms with E-state index in [0.717, 1.165) is 28.1 Å². The second kappa shape index (κ2) is 6.68. The summed E-state index contributed by atoms with van der Waals surface area (Å²) in [5, 5.41) is 18.0. The summed E-state index contributed by atoms with van der Waals surface area (Å²) in [6, 6.07) is 15.4. The molecule has 1 aliphatic rings. The monoisotopic (exact) mass is 360 g/mol. The second-order valence-corrected chi connectivity index (χ2v) is 6.74. The molecule has 1 aromatic heterocycles. The molecular formula is C20H20N6O. The Morgan fingerprint density at radius 2 is 1.63 bits per heavy atom. The number of carbonyl (C=O) groups excluding carboxylic acids is 1. The van der Waals surface area contributed by atoms with Crippen LogP contribution in [0.2, 0.25) is 0 Å². The third-order valence-electron chi connectivity index (χ3n) is 4.66. The van der Waals surface area contributed by atoms with E-state index in [4.69, 9.17) is 0 Å². The summed E-state index contributed by atoms with van der Waals surface area (Å²) >= 11 is 0. The van der Waals surface area contributed by atoms with Crippen LogP contribution in [0, 0.1) is 13.8 Å². The van der Waals surface area contributed by atoms with Crippen LogP contribution in [-0.2, 0) is 4.79 Å². The SMILES string of the molecule is CC1=C(C(=O)Nc2ccc(C)cc2)C(c2ccc(C)cc2)n2nnnc2N1. The minimum Gasteiger partial charge on any atom is -0.326 e. The van der Waals surface area contributed by atoms with Gasteiger partial charge in [0.1, 0.15) is 6.04 Å². The number of aryl methyl sites for hydroxylation is 2. The first kappa shape index (κ1) is 17.0. The van der Waals surface area contributed by atoms with Crippen molar-refractivity contribution in [1.29, 1.82) is 0 Å². The van der Waals surface area contributed by atoms with Crippen molar-refractivity contribution in [3.8, 4) is 0 Å². The maximum atomic E-state index is 13.2. The highest BCUT2D eigenvalue weighted by molar-refractivity contribution is 6.06. The van der Waals surface area contributed by atoms with Crippen molar-refractivity contribution in [3.05, 3.63) is 76.5 Å². The van der Waals surface area contributed by atoms with Gasteiger partial charge in [0.25, 0.3) is 5.91 Å². The van der Waals surface area contributed by atoms with E-state index in [-0.39, 0.29) is 5.91 Å². The van der Waals surface area contributed by atoms with Crippen LogP contribution in [0.1, 0.15) is 29.7 Å². The standard InChI is InChI=1S/C20H20N6O/c1-12-4-8-15(9-5-12)18-17(14(3)21-20-23-24-25-26(18)20)19(27)22-16-10-6-13(2)7-11-16/h4-11,18H,1-3H3,(H,22,27)(H,21,23,25). The zero-order valence-corrected chi connectivity index (χ0v) is 15.4. The van der Waals surface area contributed by atoms with Crippen molar-refractivity contribution in [2.45, 2.75) is 26.8 Å². The average Bonchev–Trinajstić information content (AvgIpc) is 3.11. The Morgan fingerprint density at radius 1 is 1.00 bits per heavy atom. The van der Waals surface area contributed by atoms with Crippen molar-refractivity contribution >= 4 is 17.5 Å². The molecule has 3 aromatic rings. The fraction of sp³-hybridized carbons (Fsp3) is 0.200. The molecule has 7 heteroatoms. The quantitative estimate of drug-likeness (QED) is 0.749. The van der Waals surface area contributed by atoms with Crippen molar-refractivity contribution in [1.82, 2.24) is 20.2 Å². The topological polar surface area (TPSA) is 84.7 Å². The average molecular weight is 360 g/mol. The largest absolute Gasteiger partial charge is 0.326 e. The Kier molecular flexibility index (Phi) is 4.19. The van der Waals surface area contributed by atoms with Gasteiger partial charge in [0.05, 0.1) is 5.57 Å². The highest BCUT2D eigenvalue weighted by atomic mass is 16.1. The number of benzene rings is 2.